The van der Waals surface area contributed by atoms with Gasteiger partial charge in [0.05, 0.1) is 0 Å². The molecule has 0 saturated heterocycles. The predicted molar refractivity (Wildman–Crippen MR) is 153 cm³/mol. The second-order valence-corrected chi connectivity index (χ2v) is 9.25. The molecule has 0 rings (SSSR count). The van der Waals surface area contributed by atoms with Gasteiger partial charge < -0.3 is 0 Å². The lowest BCUT2D eigenvalue weighted by Gasteiger charge is -2.05. The Labute approximate surface area is 199 Å². The molecule has 0 aromatic carbocycles. The minimum absolute atomic E-state index is 0. The molecule has 0 N–H and O–H groups in total. The summed E-state index contributed by atoms with van der Waals surface area (Å²) in [7, 11) is 0. The Morgan fingerprint density at radius 1 is 0.333 bits per heavy atom. The molecule has 0 atom stereocenters. The van der Waals surface area contributed by atoms with Crippen LogP contribution in [-0.4, -0.2) is 0 Å². The van der Waals surface area contributed by atoms with Gasteiger partial charge in [-0.25, -0.2) is 0 Å². The van der Waals surface area contributed by atoms with Crippen LogP contribution in [0.1, 0.15) is 182 Å². The fourth-order valence-electron chi connectivity index (χ4n) is 1.87. The molecule has 0 nitrogen and oxygen atoms in total. The van der Waals surface area contributed by atoms with Crippen LogP contribution in [0.2, 0.25) is 0 Å². The zero-order valence-corrected chi connectivity index (χ0v) is 23.2. The Balaban J connectivity index is -0.0000000451. The fourth-order valence-corrected chi connectivity index (χ4v) is 1.87. The summed E-state index contributed by atoms with van der Waals surface area (Å²) < 4.78 is 0. The molecule has 0 aliphatic heterocycles. The van der Waals surface area contributed by atoms with E-state index in [2.05, 4.69) is 90.0 Å². The van der Waals surface area contributed by atoms with E-state index in [4.69, 9.17) is 0 Å². The van der Waals surface area contributed by atoms with Gasteiger partial charge in [0.25, 0.3) is 0 Å². The Hall–Kier alpha value is 0. The molecule has 0 aliphatic rings. The van der Waals surface area contributed by atoms with E-state index < -0.39 is 0 Å². The van der Waals surface area contributed by atoms with Gasteiger partial charge in [0.15, 0.2) is 0 Å². The lowest BCUT2D eigenvalue weighted by Crippen LogP contribution is -1.90. The molecule has 0 bridgehead atoms. The summed E-state index contributed by atoms with van der Waals surface area (Å²) in [5.74, 6) is 2.68. The molecule has 0 radical (unpaired) electrons. The van der Waals surface area contributed by atoms with Crippen LogP contribution < -0.4 is 0 Å². The SMILES string of the molecule is C.C.CC(C)CCCC(C)C.CCCC.CCCC.CCCC(C)C.CCCCC. The molecule has 0 amide bonds. The van der Waals surface area contributed by atoms with E-state index in [0.29, 0.717) is 0 Å². The van der Waals surface area contributed by atoms with Gasteiger partial charge in [-0.15, -0.1) is 0 Å². The highest BCUT2D eigenvalue weighted by Gasteiger charge is 1.95. The minimum atomic E-state index is 0. The third-order valence-electron chi connectivity index (χ3n) is 4.14. The first kappa shape index (κ1) is 47.7. The highest BCUT2D eigenvalue weighted by molar-refractivity contribution is 4.49. The number of hydrogen-bond donors (Lipinski definition) is 0. The van der Waals surface area contributed by atoms with Gasteiger partial charge in [-0.2, -0.15) is 0 Å². The molecule has 0 heterocycles. The van der Waals surface area contributed by atoms with Crippen molar-refractivity contribution in [3.8, 4) is 0 Å². The van der Waals surface area contributed by atoms with Crippen molar-refractivity contribution in [1.29, 1.82) is 0 Å². The number of rotatable bonds is 10. The van der Waals surface area contributed by atoms with Gasteiger partial charge in [-0.1, -0.05) is 182 Å². The first-order chi connectivity index (χ1) is 13.1. The smallest absolute Gasteiger partial charge is 0.0471 e. The first-order valence-corrected chi connectivity index (χ1v) is 13.1. The molecule has 0 heteroatoms. The normalized spacial score (nSPS) is 8.80. The van der Waals surface area contributed by atoms with Crippen molar-refractivity contribution in [2.75, 3.05) is 0 Å². The molecule has 0 spiro atoms. The molecule has 0 fully saturated rings. The third-order valence-corrected chi connectivity index (χ3v) is 4.14. The molecule has 0 saturated carbocycles. The van der Waals surface area contributed by atoms with Gasteiger partial charge >= 0.3 is 0 Å². The molecule has 0 aromatic heterocycles. The topological polar surface area (TPSA) is 0 Å². The monoisotopic (exact) mass is 435 g/mol. The van der Waals surface area contributed by atoms with E-state index in [1.165, 1.54) is 77.0 Å². The average Bonchev–Trinajstić information content (AvgIpc) is 2.63. The first-order valence-electron chi connectivity index (χ1n) is 13.1. The standard InChI is InChI=1S/C9H20.C6H14.C5H12.2C4H10.2CH4/c1-8(2)6-5-7-9(3)4;1-4-5-6(2)3;1-3-5-4-2;2*1-3-4-2;;/h8-9H,5-7H2,1-4H3;6H,4-5H2,1-3H3;3-5H2,1-2H3;2*3-4H2,1-2H3;2*1H4. The molecular weight excluding hydrogens is 360 g/mol. The summed E-state index contributed by atoms with van der Waals surface area (Å²) in [4.78, 5) is 0. The maximum Gasteiger partial charge on any atom is -0.0471 e. The second-order valence-electron chi connectivity index (χ2n) is 9.25. The van der Waals surface area contributed by atoms with E-state index in [0.717, 1.165) is 17.8 Å². The predicted octanol–water partition coefficient (Wildman–Crippen LogP) is 13.0. The van der Waals surface area contributed by atoms with Crippen LogP contribution in [0.3, 0.4) is 0 Å². The lowest BCUT2D eigenvalue weighted by molar-refractivity contribution is 0.480. The Morgan fingerprint density at radius 3 is 0.667 bits per heavy atom. The quantitative estimate of drug-likeness (QED) is 0.320. The van der Waals surface area contributed by atoms with Gasteiger partial charge in [-0.3, -0.25) is 0 Å². The summed E-state index contributed by atoms with van der Waals surface area (Å²) in [5.41, 5.74) is 0. The summed E-state index contributed by atoms with van der Waals surface area (Å²) in [6, 6.07) is 0. The van der Waals surface area contributed by atoms with Crippen LogP contribution in [0.5, 0.6) is 0 Å². The van der Waals surface area contributed by atoms with Crippen molar-refractivity contribution in [3.05, 3.63) is 0 Å². The average molecular weight is 435 g/mol. The van der Waals surface area contributed by atoms with Crippen LogP contribution in [0.15, 0.2) is 0 Å². The van der Waals surface area contributed by atoms with Crippen LogP contribution in [0.25, 0.3) is 0 Å². The van der Waals surface area contributed by atoms with E-state index >= 15 is 0 Å². The largest absolute Gasteiger partial charge is 0.0776 e. The highest BCUT2D eigenvalue weighted by atomic mass is 14.0. The fraction of sp³-hybridized carbons (Fsp3) is 1.00. The second kappa shape index (κ2) is 51.6. The van der Waals surface area contributed by atoms with Gasteiger partial charge in [0.1, 0.15) is 0 Å². The zero-order chi connectivity index (χ0) is 23.2. The van der Waals surface area contributed by atoms with Crippen molar-refractivity contribution in [2.45, 2.75) is 182 Å². The molecule has 194 valence electrons. The van der Waals surface area contributed by atoms with Crippen LogP contribution in [0.4, 0.5) is 0 Å². The van der Waals surface area contributed by atoms with Gasteiger partial charge in [0.2, 0.25) is 0 Å². The minimum Gasteiger partial charge on any atom is -0.0776 e. The Bertz CT molecular complexity index is 160. The van der Waals surface area contributed by atoms with Crippen molar-refractivity contribution >= 4 is 0 Å². The Kier molecular flexibility index (Phi) is 82.0. The molecule has 0 aliphatic carbocycles. The van der Waals surface area contributed by atoms with E-state index in [1.54, 1.807) is 0 Å². The molecular formula is C30H74. The van der Waals surface area contributed by atoms with Crippen molar-refractivity contribution in [2.24, 2.45) is 17.8 Å². The van der Waals surface area contributed by atoms with Crippen molar-refractivity contribution in [3.63, 3.8) is 0 Å². The van der Waals surface area contributed by atoms with Crippen molar-refractivity contribution in [1.82, 2.24) is 0 Å². The summed E-state index contributed by atoms with van der Waals surface area (Å²) in [5, 5.41) is 0. The highest BCUT2D eigenvalue weighted by Crippen LogP contribution is 2.10. The van der Waals surface area contributed by atoms with Crippen LogP contribution in [0, 0.1) is 17.8 Å². The molecule has 0 aromatic rings. The van der Waals surface area contributed by atoms with Crippen LogP contribution in [-0.2, 0) is 0 Å². The van der Waals surface area contributed by atoms with Crippen LogP contribution >= 0.6 is 0 Å². The Morgan fingerprint density at radius 2 is 0.600 bits per heavy atom. The summed E-state index contributed by atoms with van der Waals surface area (Å²) in [6.45, 7) is 29.0. The maximum absolute atomic E-state index is 2.29. The van der Waals surface area contributed by atoms with E-state index in [9.17, 15) is 0 Å². The van der Waals surface area contributed by atoms with Gasteiger partial charge in [-0.05, 0) is 17.8 Å². The third kappa shape index (κ3) is 121. The maximum atomic E-state index is 2.29. The number of hydrogen-bond acceptors (Lipinski definition) is 0. The molecule has 0 unspecified atom stereocenters. The van der Waals surface area contributed by atoms with E-state index in [-0.39, 0.29) is 14.9 Å². The molecule has 30 heavy (non-hydrogen) atoms. The van der Waals surface area contributed by atoms with Crippen molar-refractivity contribution < 1.29 is 0 Å². The lowest BCUT2D eigenvalue weighted by atomic mass is 10.0. The van der Waals surface area contributed by atoms with Gasteiger partial charge in [0, 0.05) is 0 Å². The number of unbranched alkanes of at least 4 members (excludes halogenated alkanes) is 4. The zero-order valence-electron chi connectivity index (χ0n) is 23.2. The summed E-state index contributed by atoms with van der Waals surface area (Å²) in [6.07, 6.45) is 16.3. The van der Waals surface area contributed by atoms with E-state index in [1.807, 2.05) is 0 Å². The summed E-state index contributed by atoms with van der Waals surface area (Å²) >= 11 is 0.